The van der Waals surface area contributed by atoms with E-state index in [2.05, 4.69) is 26.0 Å². The number of rotatable bonds is 6. The summed E-state index contributed by atoms with van der Waals surface area (Å²) in [6.45, 7) is 10.7. The second-order valence-corrected chi connectivity index (χ2v) is 11.6. The predicted octanol–water partition coefficient (Wildman–Crippen LogP) is 6.09. The standard InChI is InChI=1S/C28H46O3/c1-6-22-25(29)17-20(18-26(22)30)11-12-21-10-8-16-28(5)23(13-14-24(21)28)19(2)9-7-15-27(3,4)31/h6,11-12,19,23-26,29-31H,7-10,13-18H2,1-5H3/b20-11?,21-12+,22-6?/t19-,23-,24?,25-,26-,28-/m1/s1. The first kappa shape index (κ1) is 24.7. The molecule has 0 bridgehead atoms. The Labute approximate surface area is 190 Å². The number of aliphatic hydroxyl groups is 3. The van der Waals surface area contributed by atoms with Crippen molar-refractivity contribution in [2.75, 3.05) is 0 Å². The SMILES string of the molecule is CC=C1[C@H](O)CC(=C/C=C2\CCC[C@@]3(C)C2CC[C@@H]3[C@H](C)CCCC(C)(C)O)C[C@H]1O. The van der Waals surface area contributed by atoms with Crippen LogP contribution in [0.25, 0.3) is 0 Å². The van der Waals surface area contributed by atoms with E-state index in [-0.39, 0.29) is 0 Å². The molecule has 6 atom stereocenters. The van der Waals surface area contributed by atoms with Gasteiger partial charge in [-0.25, -0.2) is 0 Å². The molecule has 1 unspecified atom stereocenters. The highest BCUT2D eigenvalue weighted by Crippen LogP contribution is 2.60. The van der Waals surface area contributed by atoms with Gasteiger partial charge in [-0.05, 0) is 101 Å². The molecule has 3 fully saturated rings. The van der Waals surface area contributed by atoms with Crippen molar-refractivity contribution in [3.8, 4) is 0 Å². The van der Waals surface area contributed by atoms with Crippen LogP contribution in [0.1, 0.15) is 98.8 Å². The molecule has 31 heavy (non-hydrogen) atoms. The molecule has 3 N–H and O–H groups in total. The summed E-state index contributed by atoms with van der Waals surface area (Å²) in [5.41, 5.74) is 3.37. The van der Waals surface area contributed by atoms with Gasteiger partial charge in [-0.3, -0.25) is 0 Å². The van der Waals surface area contributed by atoms with Crippen LogP contribution < -0.4 is 0 Å². The lowest BCUT2D eigenvalue weighted by Crippen LogP contribution is -2.36. The maximum Gasteiger partial charge on any atom is 0.0812 e. The number of hydrogen-bond donors (Lipinski definition) is 3. The van der Waals surface area contributed by atoms with Gasteiger partial charge in [-0.2, -0.15) is 0 Å². The fraction of sp³-hybridized carbons (Fsp3) is 0.786. The van der Waals surface area contributed by atoms with Crippen LogP contribution in [0.3, 0.4) is 0 Å². The second kappa shape index (κ2) is 9.93. The Morgan fingerprint density at radius 1 is 1.13 bits per heavy atom. The van der Waals surface area contributed by atoms with Crippen molar-refractivity contribution in [3.05, 3.63) is 34.9 Å². The summed E-state index contributed by atoms with van der Waals surface area (Å²) in [7, 11) is 0. The molecule has 0 saturated heterocycles. The van der Waals surface area contributed by atoms with Gasteiger partial charge in [0.15, 0.2) is 0 Å². The molecule has 0 radical (unpaired) electrons. The molecule has 3 saturated carbocycles. The molecule has 0 amide bonds. The lowest BCUT2D eigenvalue weighted by molar-refractivity contribution is 0.0596. The monoisotopic (exact) mass is 430 g/mol. The Bertz CT molecular complexity index is 694. The van der Waals surface area contributed by atoms with E-state index >= 15 is 0 Å². The maximum absolute atomic E-state index is 10.3. The van der Waals surface area contributed by atoms with E-state index in [4.69, 9.17) is 0 Å². The Morgan fingerprint density at radius 3 is 2.42 bits per heavy atom. The number of hydrogen-bond acceptors (Lipinski definition) is 3. The van der Waals surface area contributed by atoms with Crippen LogP contribution >= 0.6 is 0 Å². The van der Waals surface area contributed by atoms with Gasteiger partial charge in [-0.15, -0.1) is 0 Å². The van der Waals surface area contributed by atoms with Crippen LogP contribution in [0.4, 0.5) is 0 Å². The van der Waals surface area contributed by atoms with Crippen LogP contribution in [0, 0.1) is 23.2 Å². The molecule has 0 aromatic heterocycles. The van der Waals surface area contributed by atoms with Gasteiger partial charge in [0, 0.05) is 0 Å². The van der Waals surface area contributed by atoms with Gasteiger partial charge < -0.3 is 15.3 Å². The van der Waals surface area contributed by atoms with Gasteiger partial charge in [-0.1, -0.05) is 56.1 Å². The lowest BCUT2D eigenvalue weighted by atomic mass is 9.60. The second-order valence-electron chi connectivity index (χ2n) is 11.6. The smallest absolute Gasteiger partial charge is 0.0812 e. The fourth-order valence-corrected chi connectivity index (χ4v) is 7.06. The van der Waals surface area contributed by atoms with E-state index < -0.39 is 17.8 Å². The van der Waals surface area contributed by atoms with E-state index in [1.165, 1.54) is 44.1 Å². The first-order chi connectivity index (χ1) is 14.5. The summed E-state index contributed by atoms with van der Waals surface area (Å²) < 4.78 is 0. The molecule has 0 aromatic rings. The summed E-state index contributed by atoms with van der Waals surface area (Å²) in [5, 5.41) is 30.7. The third-order valence-electron chi connectivity index (χ3n) is 8.72. The van der Waals surface area contributed by atoms with Gasteiger partial charge in [0.05, 0.1) is 17.8 Å². The third-order valence-corrected chi connectivity index (χ3v) is 8.72. The minimum atomic E-state index is -0.552. The predicted molar refractivity (Wildman–Crippen MR) is 129 cm³/mol. The maximum atomic E-state index is 10.3. The summed E-state index contributed by atoms with van der Waals surface area (Å²) in [6.07, 6.45) is 16.2. The van der Waals surface area contributed by atoms with E-state index in [0.29, 0.717) is 30.1 Å². The molecule has 0 aromatic carbocycles. The Morgan fingerprint density at radius 2 is 1.81 bits per heavy atom. The quantitative estimate of drug-likeness (QED) is 0.447. The van der Waals surface area contributed by atoms with Crippen molar-refractivity contribution >= 4 is 0 Å². The molecule has 176 valence electrons. The van der Waals surface area contributed by atoms with Crippen molar-refractivity contribution in [2.24, 2.45) is 23.2 Å². The summed E-state index contributed by atoms with van der Waals surface area (Å²) in [5.74, 6) is 2.15. The van der Waals surface area contributed by atoms with E-state index in [1.54, 1.807) is 5.57 Å². The summed E-state index contributed by atoms with van der Waals surface area (Å²) >= 11 is 0. The summed E-state index contributed by atoms with van der Waals surface area (Å²) in [4.78, 5) is 0. The minimum absolute atomic E-state index is 0.389. The van der Waals surface area contributed by atoms with Crippen molar-refractivity contribution in [2.45, 2.75) is 117 Å². The van der Waals surface area contributed by atoms with Gasteiger partial charge in [0.1, 0.15) is 0 Å². The van der Waals surface area contributed by atoms with Crippen LogP contribution in [0.5, 0.6) is 0 Å². The fourth-order valence-electron chi connectivity index (χ4n) is 7.06. The number of allylic oxidation sites excluding steroid dienone is 4. The summed E-state index contributed by atoms with van der Waals surface area (Å²) in [6, 6.07) is 0. The van der Waals surface area contributed by atoms with Crippen molar-refractivity contribution < 1.29 is 15.3 Å². The largest absolute Gasteiger partial charge is 0.390 e. The highest BCUT2D eigenvalue weighted by atomic mass is 16.3. The zero-order chi connectivity index (χ0) is 22.8. The van der Waals surface area contributed by atoms with Crippen molar-refractivity contribution in [1.29, 1.82) is 0 Å². The molecule has 3 nitrogen and oxygen atoms in total. The average Bonchev–Trinajstić information content (AvgIpc) is 3.02. The molecule has 3 heteroatoms. The molecular formula is C28H46O3. The van der Waals surface area contributed by atoms with Gasteiger partial charge >= 0.3 is 0 Å². The zero-order valence-corrected chi connectivity index (χ0v) is 20.5. The van der Waals surface area contributed by atoms with Crippen molar-refractivity contribution in [1.82, 2.24) is 0 Å². The lowest BCUT2D eigenvalue weighted by Gasteiger charge is -2.44. The average molecular weight is 431 g/mol. The minimum Gasteiger partial charge on any atom is -0.390 e. The third kappa shape index (κ3) is 5.72. The Hall–Kier alpha value is -0.900. The van der Waals surface area contributed by atoms with Crippen LogP contribution in [-0.4, -0.2) is 33.1 Å². The molecule has 0 aliphatic heterocycles. The molecule has 3 aliphatic rings. The van der Waals surface area contributed by atoms with Gasteiger partial charge in [0.2, 0.25) is 0 Å². The molecule has 0 spiro atoms. The van der Waals surface area contributed by atoms with E-state index in [1.807, 2.05) is 26.8 Å². The first-order valence-electron chi connectivity index (χ1n) is 12.7. The highest BCUT2D eigenvalue weighted by molar-refractivity contribution is 5.30. The molecule has 3 rings (SSSR count). The topological polar surface area (TPSA) is 60.7 Å². The normalized spacial score (nSPS) is 36.5. The molecular weight excluding hydrogens is 384 g/mol. The van der Waals surface area contributed by atoms with Crippen LogP contribution in [0.2, 0.25) is 0 Å². The van der Waals surface area contributed by atoms with Crippen molar-refractivity contribution in [3.63, 3.8) is 0 Å². The Kier molecular flexibility index (Phi) is 7.92. The highest BCUT2D eigenvalue weighted by Gasteiger charge is 2.50. The van der Waals surface area contributed by atoms with Crippen LogP contribution in [0.15, 0.2) is 34.9 Å². The first-order valence-corrected chi connectivity index (χ1v) is 12.7. The molecule has 3 aliphatic carbocycles. The number of aliphatic hydroxyl groups excluding tert-OH is 2. The van der Waals surface area contributed by atoms with E-state index in [9.17, 15) is 15.3 Å². The Balaban J connectivity index is 1.68. The van der Waals surface area contributed by atoms with E-state index in [0.717, 1.165) is 24.3 Å². The number of fused-ring (bicyclic) bond motifs is 1. The van der Waals surface area contributed by atoms with Crippen LogP contribution in [-0.2, 0) is 0 Å². The molecule has 0 heterocycles. The zero-order valence-electron chi connectivity index (χ0n) is 20.5. The van der Waals surface area contributed by atoms with Gasteiger partial charge in [0.25, 0.3) is 0 Å².